The van der Waals surface area contributed by atoms with Crippen LogP contribution in [0.4, 0.5) is 10.8 Å². The van der Waals surface area contributed by atoms with Gasteiger partial charge in [0.2, 0.25) is 5.91 Å². The molecule has 3 rings (SSSR count). The molecule has 2 amide bonds. The van der Waals surface area contributed by atoms with Gasteiger partial charge < -0.3 is 15.5 Å². The number of aromatic nitrogens is 1. The van der Waals surface area contributed by atoms with E-state index < -0.39 is 0 Å². The maximum atomic E-state index is 12.9. The summed E-state index contributed by atoms with van der Waals surface area (Å²) in [6, 6.07) is 10.1. The van der Waals surface area contributed by atoms with Crippen molar-refractivity contribution in [3.8, 4) is 0 Å². The average Bonchev–Trinajstić information content (AvgIpc) is 3.40. The lowest BCUT2D eigenvalue weighted by molar-refractivity contribution is -0.121. The van der Waals surface area contributed by atoms with Gasteiger partial charge in [0.1, 0.15) is 5.69 Å². The van der Waals surface area contributed by atoms with E-state index in [9.17, 15) is 9.59 Å². The first-order chi connectivity index (χ1) is 13.1. The Morgan fingerprint density at radius 1 is 1.30 bits per heavy atom. The van der Waals surface area contributed by atoms with E-state index >= 15 is 0 Å². The molecule has 1 aliphatic carbocycles. The van der Waals surface area contributed by atoms with E-state index in [0.717, 1.165) is 24.9 Å². The number of nitrogens with one attached hydrogen (secondary N) is 2. The minimum absolute atomic E-state index is 0.00693. The van der Waals surface area contributed by atoms with Gasteiger partial charge in [-0.1, -0.05) is 25.1 Å². The SMILES string of the molecule is CCC(C)NC(=O)CCN(C(=O)c1csc(Nc2ccccc2)n1)C1CC1. The molecule has 1 atom stereocenters. The summed E-state index contributed by atoms with van der Waals surface area (Å²) < 4.78 is 0. The number of benzene rings is 1. The highest BCUT2D eigenvalue weighted by atomic mass is 32.1. The maximum Gasteiger partial charge on any atom is 0.273 e. The molecule has 1 aliphatic rings. The molecule has 1 unspecified atom stereocenters. The number of rotatable bonds is 9. The molecule has 0 radical (unpaired) electrons. The largest absolute Gasteiger partial charge is 0.354 e. The van der Waals surface area contributed by atoms with Crippen LogP contribution in [0.25, 0.3) is 0 Å². The van der Waals surface area contributed by atoms with Crippen LogP contribution in [0.3, 0.4) is 0 Å². The predicted octanol–water partition coefficient (Wildman–Crippen LogP) is 3.80. The molecule has 1 heterocycles. The summed E-state index contributed by atoms with van der Waals surface area (Å²) >= 11 is 1.41. The lowest BCUT2D eigenvalue weighted by Gasteiger charge is -2.21. The average molecular weight is 387 g/mol. The van der Waals surface area contributed by atoms with Crippen molar-refractivity contribution in [2.24, 2.45) is 0 Å². The molecule has 1 aromatic carbocycles. The van der Waals surface area contributed by atoms with Gasteiger partial charge in [0.25, 0.3) is 5.91 Å². The Labute approximate surface area is 164 Å². The second-order valence-electron chi connectivity index (χ2n) is 6.89. The number of para-hydroxylation sites is 1. The van der Waals surface area contributed by atoms with Crippen LogP contribution in [0.1, 0.15) is 50.0 Å². The van der Waals surface area contributed by atoms with Crippen molar-refractivity contribution in [2.45, 2.75) is 51.6 Å². The van der Waals surface area contributed by atoms with Gasteiger partial charge >= 0.3 is 0 Å². The third-order valence-corrected chi connectivity index (χ3v) is 5.35. The fraction of sp³-hybridized carbons (Fsp3) is 0.450. The van der Waals surface area contributed by atoms with Crippen molar-refractivity contribution in [1.29, 1.82) is 0 Å². The number of hydrogen-bond acceptors (Lipinski definition) is 5. The van der Waals surface area contributed by atoms with E-state index in [1.165, 1.54) is 11.3 Å². The fourth-order valence-electron chi connectivity index (χ4n) is 2.73. The van der Waals surface area contributed by atoms with E-state index in [-0.39, 0.29) is 23.9 Å². The minimum atomic E-state index is -0.0915. The number of amides is 2. The molecule has 0 spiro atoms. The van der Waals surface area contributed by atoms with Crippen LogP contribution >= 0.6 is 11.3 Å². The molecule has 0 saturated heterocycles. The van der Waals surface area contributed by atoms with Gasteiger partial charge in [-0.25, -0.2) is 4.98 Å². The molecule has 6 nitrogen and oxygen atoms in total. The van der Waals surface area contributed by atoms with Gasteiger partial charge in [-0.2, -0.15) is 0 Å². The molecule has 1 saturated carbocycles. The zero-order chi connectivity index (χ0) is 19.2. The first-order valence-corrected chi connectivity index (χ1v) is 10.3. The van der Waals surface area contributed by atoms with Crippen molar-refractivity contribution < 1.29 is 9.59 Å². The van der Waals surface area contributed by atoms with Crippen LogP contribution < -0.4 is 10.6 Å². The van der Waals surface area contributed by atoms with E-state index in [2.05, 4.69) is 15.6 Å². The number of thiazole rings is 1. The Morgan fingerprint density at radius 2 is 2.04 bits per heavy atom. The van der Waals surface area contributed by atoms with Gasteiger partial charge in [0.15, 0.2) is 5.13 Å². The Bertz CT molecular complexity index is 773. The summed E-state index contributed by atoms with van der Waals surface area (Å²) in [5, 5.41) is 8.64. The summed E-state index contributed by atoms with van der Waals surface area (Å²) in [6.07, 6.45) is 3.22. The molecule has 7 heteroatoms. The molecule has 1 fully saturated rings. The van der Waals surface area contributed by atoms with E-state index in [1.807, 2.05) is 44.2 Å². The van der Waals surface area contributed by atoms with E-state index in [1.54, 1.807) is 10.3 Å². The highest BCUT2D eigenvalue weighted by Crippen LogP contribution is 2.29. The first-order valence-electron chi connectivity index (χ1n) is 9.44. The van der Waals surface area contributed by atoms with Crippen molar-refractivity contribution >= 4 is 34.0 Å². The summed E-state index contributed by atoms with van der Waals surface area (Å²) in [6.45, 7) is 4.46. The van der Waals surface area contributed by atoms with Crippen molar-refractivity contribution in [3.05, 3.63) is 41.4 Å². The molecule has 0 aliphatic heterocycles. The second kappa shape index (κ2) is 8.99. The van der Waals surface area contributed by atoms with Crippen molar-refractivity contribution in [1.82, 2.24) is 15.2 Å². The molecule has 2 N–H and O–H groups in total. The summed E-state index contributed by atoms with van der Waals surface area (Å²) in [7, 11) is 0. The standard InChI is InChI=1S/C20H26N4O2S/c1-3-14(2)21-18(25)11-12-24(16-9-10-16)19(26)17-13-27-20(23-17)22-15-7-5-4-6-8-15/h4-8,13-14,16H,3,9-12H2,1-2H3,(H,21,25)(H,22,23). The van der Waals surface area contributed by atoms with Crippen LogP contribution in [0.5, 0.6) is 0 Å². The van der Waals surface area contributed by atoms with E-state index in [4.69, 9.17) is 0 Å². The van der Waals surface area contributed by atoms with E-state index in [0.29, 0.717) is 23.8 Å². The third kappa shape index (κ3) is 5.53. The highest BCUT2D eigenvalue weighted by molar-refractivity contribution is 7.14. The lowest BCUT2D eigenvalue weighted by Crippen LogP contribution is -2.38. The Morgan fingerprint density at radius 3 is 2.70 bits per heavy atom. The number of nitrogens with zero attached hydrogens (tertiary/aromatic N) is 2. The summed E-state index contributed by atoms with van der Waals surface area (Å²) in [4.78, 5) is 31.2. The van der Waals surface area contributed by atoms with Gasteiger partial charge in [0, 0.05) is 36.1 Å². The molecule has 1 aromatic heterocycles. The normalized spacial score (nSPS) is 14.4. The quantitative estimate of drug-likeness (QED) is 0.687. The zero-order valence-corrected chi connectivity index (χ0v) is 16.6. The lowest BCUT2D eigenvalue weighted by atomic mass is 10.2. The molecular weight excluding hydrogens is 360 g/mol. The zero-order valence-electron chi connectivity index (χ0n) is 15.8. The number of anilines is 2. The second-order valence-corrected chi connectivity index (χ2v) is 7.74. The van der Waals surface area contributed by atoms with Gasteiger partial charge in [-0.3, -0.25) is 9.59 Å². The maximum absolute atomic E-state index is 12.9. The van der Waals surface area contributed by atoms with Gasteiger partial charge in [-0.15, -0.1) is 11.3 Å². The molecular formula is C20H26N4O2S. The van der Waals surface area contributed by atoms with Gasteiger partial charge in [0.05, 0.1) is 0 Å². The minimum Gasteiger partial charge on any atom is -0.354 e. The first kappa shape index (κ1) is 19.4. The number of carbonyl (C=O) groups excluding carboxylic acids is 2. The third-order valence-electron chi connectivity index (χ3n) is 4.60. The van der Waals surface area contributed by atoms with Crippen LogP contribution in [-0.4, -0.2) is 40.3 Å². The van der Waals surface area contributed by atoms with Crippen molar-refractivity contribution in [2.75, 3.05) is 11.9 Å². The van der Waals surface area contributed by atoms with Gasteiger partial charge in [-0.05, 0) is 38.3 Å². The summed E-state index contributed by atoms with van der Waals surface area (Å²) in [5.74, 6) is -0.0984. The number of hydrogen-bond donors (Lipinski definition) is 2. The van der Waals surface area contributed by atoms with Crippen LogP contribution in [0.15, 0.2) is 35.7 Å². The van der Waals surface area contributed by atoms with Crippen molar-refractivity contribution in [3.63, 3.8) is 0 Å². The summed E-state index contributed by atoms with van der Waals surface area (Å²) in [5.41, 5.74) is 1.37. The number of carbonyl (C=O) groups is 2. The Hall–Kier alpha value is -2.41. The predicted molar refractivity (Wildman–Crippen MR) is 108 cm³/mol. The highest BCUT2D eigenvalue weighted by Gasteiger charge is 2.34. The molecule has 27 heavy (non-hydrogen) atoms. The molecule has 2 aromatic rings. The van der Waals surface area contributed by atoms with Crippen LogP contribution in [0, 0.1) is 0 Å². The Balaban J connectivity index is 1.59. The van der Waals surface area contributed by atoms with Crippen LogP contribution in [-0.2, 0) is 4.79 Å². The smallest absolute Gasteiger partial charge is 0.273 e. The van der Waals surface area contributed by atoms with Crippen LogP contribution in [0.2, 0.25) is 0 Å². The topological polar surface area (TPSA) is 74.3 Å². The Kier molecular flexibility index (Phi) is 6.45. The monoisotopic (exact) mass is 386 g/mol. The molecule has 144 valence electrons. The molecule has 0 bridgehead atoms. The fourth-order valence-corrected chi connectivity index (χ4v) is 3.43.